The number of hydrogen-bond acceptors (Lipinski definition) is 3. The Hall–Kier alpha value is -1.58. The maximum absolute atomic E-state index is 11.4. The predicted molar refractivity (Wildman–Crippen MR) is 72.5 cm³/mol. The number of aromatic nitrogens is 1. The molecule has 4 heteroatoms. The summed E-state index contributed by atoms with van der Waals surface area (Å²) in [6, 6.07) is 3.87. The fourth-order valence-electron chi connectivity index (χ4n) is 2.34. The van der Waals surface area contributed by atoms with E-state index in [1.807, 2.05) is 17.2 Å². The van der Waals surface area contributed by atoms with Crippen molar-refractivity contribution in [1.82, 2.24) is 4.98 Å². The Bertz CT molecular complexity index is 433. The van der Waals surface area contributed by atoms with Crippen LogP contribution >= 0.6 is 0 Å². The van der Waals surface area contributed by atoms with E-state index in [0.29, 0.717) is 0 Å². The molecule has 0 aliphatic carbocycles. The van der Waals surface area contributed by atoms with Crippen molar-refractivity contribution in [2.45, 2.75) is 45.1 Å². The van der Waals surface area contributed by atoms with Crippen LogP contribution in [0.15, 0.2) is 18.3 Å². The predicted octanol–water partition coefficient (Wildman–Crippen LogP) is 1.83. The number of carbonyl (C=O) groups excluding carboxylic acids is 1. The molecule has 0 saturated carbocycles. The molecule has 0 radical (unpaired) electrons. The molecule has 1 amide bonds. The van der Waals surface area contributed by atoms with E-state index < -0.39 is 0 Å². The number of primary amides is 1. The maximum atomic E-state index is 11.4. The molecule has 1 atom stereocenters. The van der Waals surface area contributed by atoms with Gasteiger partial charge in [-0.15, -0.1) is 0 Å². The van der Waals surface area contributed by atoms with Crippen LogP contribution in [0.25, 0.3) is 0 Å². The van der Waals surface area contributed by atoms with Gasteiger partial charge in [-0.2, -0.15) is 0 Å². The lowest BCUT2D eigenvalue weighted by Gasteiger charge is -2.24. The van der Waals surface area contributed by atoms with Gasteiger partial charge in [0.25, 0.3) is 0 Å². The smallest absolute Gasteiger partial charge is 0.240 e. The normalized spacial score (nSPS) is 20.2. The summed E-state index contributed by atoms with van der Waals surface area (Å²) in [7, 11) is 0. The molecule has 1 aromatic heterocycles. The number of anilines is 1. The summed E-state index contributed by atoms with van der Waals surface area (Å²) in [5.41, 5.74) is 6.71. The summed E-state index contributed by atoms with van der Waals surface area (Å²) in [6.45, 7) is 7.33. The van der Waals surface area contributed by atoms with Crippen LogP contribution in [0.5, 0.6) is 0 Å². The third kappa shape index (κ3) is 2.47. The first-order valence-corrected chi connectivity index (χ1v) is 6.42. The van der Waals surface area contributed by atoms with Gasteiger partial charge in [-0.3, -0.25) is 4.79 Å². The molecule has 1 aromatic rings. The molecule has 4 nitrogen and oxygen atoms in total. The summed E-state index contributed by atoms with van der Waals surface area (Å²) in [6.07, 6.45) is 3.72. The van der Waals surface area contributed by atoms with E-state index in [0.717, 1.165) is 25.2 Å². The Kier molecular flexibility index (Phi) is 3.28. The Morgan fingerprint density at radius 2 is 2.17 bits per heavy atom. The van der Waals surface area contributed by atoms with Gasteiger partial charge in [-0.25, -0.2) is 4.98 Å². The van der Waals surface area contributed by atoms with Crippen molar-refractivity contribution >= 4 is 11.7 Å². The van der Waals surface area contributed by atoms with Gasteiger partial charge in [0.15, 0.2) is 0 Å². The molecule has 1 aliphatic rings. The summed E-state index contributed by atoms with van der Waals surface area (Å²) in [5, 5.41) is 0. The molecule has 2 N–H and O–H groups in total. The SMILES string of the molecule is CC(C)(C)c1ccc(N2CCC[C@H]2C(N)=O)nc1. The van der Waals surface area contributed by atoms with Gasteiger partial charge in [0, 0.05) is 12.7 Å². The van der Waals surface area contributed by atoms with E-state index in [9.17, 15) is 4.79 Å². The standard InChI is InChI=1S/C14H21N3O/c1-14(2,3)10-6-7-12(16-9-10)17-8-4-5-11(17)13(15)18/h6-7,9,11H,4-5,8H2,1-3H3,(H2,15,18)/t11-/m0/s1. The third-order valence-electron chi connectivity index (χ3n) is 3.49. The van der Waals surface area contributed by atoms with Crippen molar-refractivity contribution in [3.8, 4) is 0 Å². The second kappa shape index (κ2) is 4.59. The van der Waals surface area contributed by atoms with E-state index in [1.54, 1.807) is 0 Å². The number of carbonyl (C=O) groups is 1. The summed E-state index contributed by atoms with van der Waals surface area (Å²) in [4.78, 5) is 17.9. The fourth-order valence-corrected chi connectivity index (χ4v) is 2.34. The molecule has 1 fully saturated rings. The summed E-state index contributed by atoms with van der Waals surface area (Å²) >= 11 is 0. The molecule has 1 aliphatic heterocycles. The number of amides is 1. The summed E-state index contributed by atoms with van der Waals surface area (Å²) < 4.78 is 0. The average molecular weight is 247 g/mol. The molecule has 98 valence electrons. The van der Waals surface area contributed by atoms with Crippen molar-refractivity contribution in [3.63, 3.8) is 0 Å². The van der Waals surface area contributed by atoms with Crippen LogP contribution in [0.4, 0.5) is 5.82 Å². The largest absolute Gasteiger partial charge is 0.368 e. The maximum Gasteiger partial charge on any atom is 0.240 e. The molecule has 0 aromatic carbocycles. The van der Waals surface area contributed by atoms with Crippen molar-refractivity contribution in [2.75, 3.05) is 11.4 Å². The Morgan fingerprint density at radius 3 is 2.67 bits per heavy atom. The molecular formula is C14H21N3O. The van der Waals surface area contributed by atoms with Gasteiger partial charge in [-0.1, -0.05) is 26.8 Å². The van der Waals surface area contributed by atoms with E-state index in [2.05, 4.69) is 31.8 Å². The van der Waals surface area contributed by atoms with Gasteiger partial charge in [0.05, 0.1) is 0 Å². The lowest BCUT2D eigenvalue weighted by Crippen LogP contribution is -2.40. The highest BCUT2D eigenvalue weighted by Gasteiger charge is 2.30. The second-order valence-electron chi connectivity index (χ2n) is 5.91. The van der Waals surface area contributed by atoms with Crippen molar-refractivity contribution < 1.29 is 4.79 Å². The minimum Gasteiger partial charge on any atom is -0.368 e. The minimum absolute atomic E-state index is 0.0969. The molecule has 0 spiro atoms. The second-order valence-corrected chi connectivity index (χ2v) is 5.91. The third-order valence-corrected chi connectivity index (χ3v) is 3.49. The van der Waals surface area contributed by atoms with E-state index in [1.165, 1.54) is 5.56 Å². The first-order chi connectivity index (χ1) is 8.39. The quantitative estimate of drug-likeness (QED) is 0.867. The van der Waals surface area contributed by atoms with Gasteiger partial charge in [-0.05, 0) is 29.9 Å². The van der Waals surface area contributed by atoms with Crippen LogP contribution in [0.3, 0.4) is 0 Å². The lowest BCUT2D eigenvalue weighted by molar-refractivity contribution is -0.119. The zero-order valence-electron chi connectivity index (χ0n) is 11.3. The molecule has 2 heterocycles. The number of pyridine rings is 1. The van der Waals surface area contributed by atoms with Crippen LogP contribution in [0.2, 0.25) is 0 Å². The topological polar surface area (TPSA) is 59.2 Å². The number of nitrogens with zero attached hydrogens (tertiary/aromatic N) is 2. The first-order valence-electron chi connectivity index (χ1n) is 6.42. The zero-order valence-corrected chi connectivity index (χ0v) is 11.3. The van der Waals surface area contributed by atoms with Gasteiger partial charge < -0.3 is 10.6 Å². The highest BCUT2D eigenvalue weighted by Crippen LogP contribution is 2.26. The molecule has 18 heavy (non-hydrogen) atoms. The minimum atomic E-state index is -0.255. The van der Waals surface area contributed by atoms with Crippen molar-refractivity contribution in [2.24, 2.45) is 5.73 Å². The van der Waals surface area contributed by atoms with Crippen LogP contribution in [0, 0.1) is 0 Å². The van der Waals surface area contributed by atoms with Crippen LogP contribution < -0.4 is 10.6 Å². The number of rotatable bonds is 2. The monoisotopic (exact) mass is 247 g/mol. The van der Waals surface area contributed by atoms with Gasteiger partial charge >= 0.3 is 0 Å². The molecule has 0 unspecified atom stereocenters. The van der Waals surface area contributed by atoms with Crippen LogP contribution in [0.1, 0.15) is 39.2 Å². The van der Waals surface area contributed by atoms with E-state index in [4.69, 9.17) is 5.73 Å². The Balaban J connectivity index is 2.22. The summed E-state index contributed by atoms with van der Waals surface area (Å²) in [5.74, 6) is 0.596. The van der Waals surface area contributed by atoms with Gasteiger partial charge in [0.2, 0.25) is 5.91 Å². The van der Waals surface area contributed by atoms with Crippen molar-refractivity contribution in [1.29, 1.82) is 0 Å². The highest BCUT2D eigenvalue weighted by atomic mass is 16.1. The van der Waals surface area contributed by atoms with E-state index in [-0.39, 0.29) is 17.4 Å². The van der Waals surface area contributed by atoms with Gasteiger partial charge in [0.1, 0.15) is 11.9 Å². The highest BCUT2D eigenvalue weighted by molar-refractivity contribution is 5.83. The number of hydrogen-bond donors (Lipinski definition) is 1. The Morgan fingerprint density at radius 1 is 1.44 bits per heavy atom. The van der Waals surface area contributed by atoms with E-state index >= 15 is 0 Å². The van der Waals surface area contributed by atoms with Crippen LogP contribution in [-0.4, -0.2) is 23.5 Å². The Labute approximate surface area is 108 Å². The number of nitrogens with two attached hydrogens (primary N) is 1. The molecule has 1 saturated heterocycles. The molecular weight excluding hydrogens is 226 g/mol. The zero-order chi connectivity index (χ0) is 13.3. The molecule has 2 rings (SSSR count). The van der Waals surface area contributed by atoms with Crippen molar-refractivity contribution in [3.05, 3.63) is 23.9 Å². The lowest BCUT2D eigenvalue weighted by atomic mass is 9.88. The average Bonchev–Trinajstić information content (AvgIpc) is 2.77. The first kappa shape index (κ1) is 12.9. The fraction of sp³-hybridized carbons (Fsp3) is 0.571. The molecule has 0 bridgehead atoms. The van der Waals surface area contributed by atoms with Crippen LogP contribution in [-0.2, 0) is 10.2 Å².